The first kappa shape index (κ1) is 13.2. The van der Waals surface area contributed by atoms with E-state index in [1.165, 1.54) is 5.30 Å². The molecule has 4 bridgehead atoms. The highest BCUT2D eigenvalue weighted by molar-refractivity contribution is 7.68. The van der Waals surface area contributed by atoms with E-state index in [0.717, 1.165) is 12.8 Å². The molecule has 0 aromatic heterocycles. The lowest BCUT2D eigenvalue weighted by Gasteiger charge is -2.69. The highest BCUT2D eigenvalue weighted by Gasteiger charge is 2.71. The van der Waals surface area contributed by atoms with Crippen molar-refractivity contribution in [2.45, 2.75) is 62.8 Å². The first-order valence-corrected chi connectivity index (χ1v) is 8.56. The van der Waals surface area contributed by atoms with Gasteiger partial charge in [-0.25, -0.2) is 0 Å². The molecule has 108 valence electrons. The van der Waals surface area contributed by atoms with Gasteiger partial charge in [-0.2, -0.15) is 0 Å². The molecule has 3 nitrogen and oxygen atoms in total. The molecule has 0 aliphatic carbocycles. The largest absolute Gasteiger partial charge is 0.339 e. The Bertz CT molecular complexity index is 514. The van der Waals surface area contributed by atoms with Gasteiger partial charge < -0.3 is 14.2 Å². The SMILES string of the molecule is C[C@@]12C[C@@]3(C)O[C@@](C)(O1)[P@@](c1ccccc1)[C@@](C)(C2)O3. The van der Waals surface area contributed by atoms with Crippen molar-refractivity contribution in [2.75, 3.05) is 0 Å². The van der Waals surface area contributed by atoms with Crippen LogP contribution in [0.2, 0.25) is 0 Å². The van der Waals surface area contributed by atoms with Gasteiger partial charge in [0, 0.05) is 20.8 Å². The van der Waals surface area contributed by atoms with Crippen LogP contribution in [0.15, 0.2) is 30.3 Å². The van der Waals surface area contributed by atoms with Crippen LogP contribution in [0, 0.1) is 0 Å². The summed E-state index contributed by atoms with van der Waals surface area (Å²) >= 11 is 0. The molecule has 0 spiro atoms. The molecule has 1 aromatic rings. The highest BCUT2D eigenvalue weighted by atomic mass is 31.1. The Hall–Kier alpha value is -0.470. The van der Waals surface area contributed by atoms with Crippen molar-refractivity contribution in [2.24, 2.45) is 0 Å². The third-order valence-electron chi connectivity index (χ3n) is 4.57. The predicted molar refractivity (Wildman–Crippen MR) is 79.1 cm³/mol. The minimum absolute atomic E-state index is 0.137. The number of ether oxygens (including phenoxy) is 3. The summed E-state index contributed by atoms with van der Waals surface area (Å²) in [6.45, 7) is 8.59. The van der Waals surface area contributed by atoms with Gasteiger partial charge in [0.1, 0.15) is 0 Å². The number of hydrogen-bond acceptors (Lipinski definition) is 3. The zero-order chi connectivity index (χ0) is 14.2. The minimum Gasteiger partial charge on any atom is -0.339 e. The van der Waals surface area contributed by atoms with Crippen LogP contribution in [0.3, 0.4) is 0 Å². The lowest BCUT2D eigenvalue weighted by atomic mass is 9.85. The number of benzene rings is 1. The summed E-state index contributed by atoms with van der Waals surface area (Å²) in [4.78, 5) is 0. The molecule has 5 rings (SSSR count). The van der Waals surface area contributed by atoms with E-state index >= 15 is 0 Å². The number of rotatable bonds is 1. The van der Waals surface area contributed by atoms with E-state index in [9.17, 15) is 0 Å². The van der Waals surface area contributed by atoms with Gasteiger partial charge in [0.25, 0.3) is 0 Å². The van der Waals surface area contributed by atoms with Crippen LogP contribution in [0.1, 0.15) is 40.5 Å². The average Bonchev–Trinajstić information content (AvgIpc) is 2.22. The van der Waals surface area contributed by atoms with E-state index in [2.05, 4.69) is 52.0 Å². The average molecular weight is 292 g/mol. The summed E-state index contributed by atoms with van der Waals surface area (Å²) in [5, 5.41) is 1.11. The van der Waals surface area contributed by atoms with E-state index in [1.807, 2.05) is 6.07 Å². The molecule has 5 atom stereocenters. The lowest BCUT2D eigenvalue weighted by Crippen LogP contribution is -2.72. The fraction of sp³-hybridized carbons (Fsp3) is 0.625. The summed E-state index contributed by atoms with van der Waals surface area (Å²) in [6, 6.07) is 10.6. The van der Waals surface area contributed by atoms with E-state index in [1.54, 1.807) is 0 Å². The molecule has 4 heteroatoms. The van der Waals surface area contributed by atoms with Crippen LogP contribution in [0.4, 0.5) is 0 Å². The van der Waals surface area contributed by atoms with Crippen LogP contribution < -0.4 is 5.30 Å². The monoisotopic (exact) mass is 292 g/mol. The summed E-state index contributed by atoms with van der Waals surface area (Å²) < 4.78 is 19.1. The van der Waals surface area contributed by atoms with Crippen LogP contribution in [0.25, 0.3) is 0 Å². The quantitative estimate of drug-likeness (QED) is 0.741. The maximum absolute atomic E-state index is 6.42. The van der Waals surface area contributed by atoms with Gasteiger partial charge in [0.05, 0.1) is 10.9 Å². The van der Waals surface area contributed by atoms with Gasteiger partial charge in [-0.1, -0.05) is 30.3 Å². The summed E-state index contributed by atoms with van der Waals surface area (Å²) in [7, 11) is -0.695. The molecule has 0 unspecified atom stereocenters. The Labute approximate surface area is 121 Å². The molecule has 1 aromatic carbocycles. The third-order valence-corrected chi connectivity index (χ3v) is 7.57. The van der Waals surface area contributed by atoms with E-state index in [0.29, 0.717) is 0 Å². The topological polar surface area (TPSA) is 27.7 Å². The number of hydrogen-bond donors (Lipinski definition) is 0. The van der Waals surface area contributed by atoms with Gasteiger partial charge in [0.2, 0.25) is 0 Å². The first-order valence-electron chi connectivity index (χ1n) is 7.22. The third kappa shape index (κ3) is 1.67. The summed E-state index contributed by atoms with van der Waals surface area (Å²) in [5.41, 5.74) is -0.688. The van der Waals surface area contributed by atoms with Crippen LogP contribution in [-0.4, -0.2) is 22.3 Å². The Morgan fingerprint density at radius 2 is 1.60 bits per heavy atom. The molecule has 4 fully saturated rings. The van der Waals surface area contributed by atoms with Gasteiger partial charge in [-0.15, -0.1) is 0 Å². The molecule has 4 aliphatic rings. The second kappa shape index (κ2) is 3.64. The molecule has 0 N–H and O–H groups in total. The zero-order valence-electron chi connectivity index (χ0n) is 12.5. The van der Waals surface area contributed by atoms with Crippen molar-refractivity contribution in [1.82, 2.24) is 0 Å². The van der Waals surface area contributed by atoms with Gasteiger partial charge in [0.15, 0.2) is 11.3 Å². The van der Waals surface area contributed by atoms with Crippen molar-refractivity contribution in [3.8, 4) is 0 Å². The first-order chi connectivity index (χ1) is 9.26. The smallest absolute Gasteiger partial charge is 0.194 e. The Kier molecular flexibility index (Phi) is 2.41. The molecule has 0 radical (unpaired) electrons. The minimum atomic E-state index is -0.695. The van der Waals surface area contributed by atoms with Crippen molar-refractivity contribution < 1.29 is 14.2 Å². The fourth-order valence-corrected chi connectivity index (χ4v) is 8.43. The maximum Gasteiger partial charge on any atom is 0.194 e. The van der Waals surface area contributed by atoms with Gasteiger partial charge >= 0.3 is 0 Å². The molecular weight excluding hydrogens is 271 g/mol. The molecule has 0 amide bonds. The van der Waals surface area contributed by atoms with Crippen molar-refractivity contribution in [3.63, 3.8) is 0 Å². The van der Waals surface area contributed by atoms with E-state index in [4.69, 9.17) is 14.2 Å². The second-order valence-electron chi connectivity index (χ2n) is 6.99. The molecule has 4 saturated heterocycles. The maximum atomic E-state index is 6.42. The van der Waals surface area contributed by atoms with Crippen molar-refractivity contribution in [1.29, 1.82) is 0 Å². The summed E-state index contributed by atoms with van der Waals surface area (Å²) in [5.74, 6) is -0.512. The summed E-state index contributed by atoms with van der Waals surface area (Å²) in [6.07, 6.45) is 1.75. The molecule has 20 heavy (non-hydrogen) atoms. The zero-order valence-corrected chi connectivity index (χ0v) is 13.4. The molecule has 4 aliphatic heterocycles. The van der Waals surface area contributed by atoms with Crippen LogP contribution >= 0.6 is 7.92 Å². The van der Waals surface area contributed by atoms with Gasteiger partial charge in [-0.3, -0.25) is 0 Å². The Balaban J connectivity index is 1.87. The van der Waals surface area contributed by atoms with E-state index < -0.39 is 19.2 Å². The molecular formula is C16H21O3P. The van der Waals surface area contributed by atoms with Crippen LogP contribution in [-0.2, 0) is 14.2 Å². The van der Waals surface area contributed by atoms with Crippen molar-refractivity contribution in [3.05, 3.63) is 30.3 Å². The molecule has 4 heterocycles. The molecule has 0 saturated carbocycles. The standard InChI is InChI=1S/C16H21O3P/c1-13-10-14(2)18-15(3,11-13)20(16(4,17-13)19-14)12-8-6-5-7-9-12/h5-9H,10-11H2,1-4H3/t13-,14+,15-,16+,20-/m0/s1. The van der Waals surface area contributed by atoms with Crippen LogP contribution in [0.5, 0.6) is 0 Å². The lowest BCUT2D eigenvalue weighted by molar-refractivity contribution is -0.448. The Morgan fingerprint density at radius 3 is 2.20 bits per heavy atom. The fourth-order valence-electron chi connectivity index (χ4n) is 4.71. The normalized spacial score (nSPS) is 53.3. The highest BCUT2D eigenvalue weighted by Crippen LogP contribution is 2.75. The van der Waals surface area contributed by atoms with Gasteiger partial charge in [-0.05, 0) is 33.0 Å². The Morgan fingerprint density at radius 1 is 0.900 bits per heavy atom. The second-order valence-corrected chi connectivity index (χ2v) is 9.93. The van der Waals surface area contributed by atoms with Crippen molar-refractivity contribution >= 4 is 13.2 Å². The predicted octanol–water partition coefficient (Wildman–Crippen LogP) is 3.53. The van der Waals surface area contributed by atoms with E-state index in [-0.39, 0.29) is 10.9 Å².